The van der Waals surface area contributed by atoms with E-state index in [0.29, 0.717) is 19.6 Å². The van der Waals surface area contributed by atoms with Gasteiger partial charge in [-0.3, -0.25) is 14.5 Å². The first kappa shape index (κ1) is 18.2. The van der Waals surface area contributed by atoms with E-state index in [1.54, 1.807) is 6.20 Å². The summed E-state index contributed by atoms with van der Waals surface area (Å²) >= 11 is 0. The molecular formula is C21H28N4O2. The van der Waals surface area contributed by atoms with Gasteiger partial charge in [0, 0.05) is 43.0 Å². The number of fused-ring (bicyclic) bond motifs is 1. The van der Waals surface area contributed by atoms with Crippen molar-refractivity contribution < 1.29 is 9.53 Å². The lowest BCUT2D eigenvalue weighted by Crippen LogP contribution is -2.39. The van der Waals surface area contributed by atoms with Crippen molar-refractivity contribution in [2.75, 3.05) is 13.2 Å². The number of nitrogens with zero attached hydrogens (tertiary/aromatic N) is 4. The number of ether oxygens (including phenoxy) is 1. The molecule has 1 fully saturated rings. The highest BCUT2D eigenvalue weighted by atomic mass is 16.5. The molecule has 4 rings (SSSR count). The van der Waals surface area contributed by atoms with Gasteiger partial charge in [0.25, 0.3) is 0 Å². The Morgan fingerprint density at radius 2 is 2.30 bits per heavy atom. The predicted octanol–water partition coefficient (Wildman–Crippen LogP) is 3.25. The fourth-order valence-electron chi connectivity index (χ4n) is 4.27. The quantitative estimate of drug-likeness (QED) is 0.813. The van der Waals surface area contributed by atoms with E-state index in [0.717, 1.165) is 56.5 Å². The van der Waals surface area contributed by atoms with Crippen LogP contribution in [0.4, 0.5) is 0 Å². The molecule has 0 aromatic carbocycles. The summed E-state index contributed by atoms with van der Waals surface area (Å²) in [6.45, 7) is 4.95. The maximum absolute atomic E-state index is 12.7. The molecule has 1 unspecified atom stereocenters. The summed E-state index contributed by atoms with van der Waals surface area (Å²) in [6, 6.07) is 4.13. The third-order valence-corrected chi connectivity index (χ3v) is 5.58. The van der Waals surface area contributed by atoms with Gasteiger partial charge in [-0.25, -0.2) is 0 Å². The zero-order valence-corrected chi connectivity index (χ0v) is 16.1. The Kier molecular flexibility index (Phi) is 5.53. The standard InChI is InChI=1S/C21H28N4O2/c1-2-6-20(26)24-11-4-3-8-19(24)21-17-15-27-12-9-18(17)25(23-21)14-16-7-5-10-22-13-16/h5,7,10,13,19H,2-4,6,8-9,11-12,14-15H2,1H3. The number of likely N-dealkylation sites (tertiary alicyclic amines) is 1. The van der Waals surface area contributed by atoms with Crippen molar-refractivity contribution in [2.45, 2.75) is 64.6 Å². The smallest absolute Gasteiger partial charge is 0.223 e. The molecule has 0 aliphatic carbocycles. The van der Waals surface area contributed by atoms with Crippen LogP contribution in [0, 0.1) is 0 Å². The van der Waals surface area contributed by atoms with Crippen LogP contribution in [0.1, 0.15) is 67.6 Å². The van der Waals surface area contributed by atoms with Crippen LogP contribution in [0.3, 0.4) is 0 Å². The van der Waals surface area contributed by atoms with Gasteiger partial charge >= 0.3 is 0 Å². The summed E-state index contributed by atoms with van der Waals surface area (Å²) in [5.74, 6) is 0.259. The van der Waals surface area contributed by atoms with Crippen LogP contribution in [-0.2, 0) is 29.1 Å². The fraction of sp³-hybridized carbons (Fsp3) is 0.571. The first-order valence-corrected chi connectivity index (χ1v) is 10.1. The molecule has 0 N–H and O–H groups in total. The van der Waals surface area contributed by atoms with Crippen LogP contribution in [0.5, 0.6) is 0 Å². The van der Waals surface area contributed by atoms with Crippen molar-refractivity contribution in [3.8, 4) is 0 Å². The summed E-state index contributed by atoms with van der Waals surface area (Å²) in [6.07, 6.45) is 9.28. The van der Waals surface area contributed by atoms with Crippen molar-refractivity contribution in [1.29, 1.82) is 0 Å². The van der Waals surface area contributed by atoms with Gasteiger partial charge in [-0.05, 0) is 37.3 Å². The Labute approximate surface area is 160 Å². The minimum atomic E-state index is 0.0865. The van der Waals surface area contributed by atoms with E-state index in [4.69, 9.17) is 9.84 Å². The lowest BCUT2D eigenvalue weighted by Gasteiger charge is -2.35. The average Bonchev–Trinajstić information content (AvgIpc) is 3.07. The second-order valence-corrected chi connectivity index (χ2v) is 7.48. The molecule has 4 heterocycles. The number of carbonyl (C=O) groups excluding carboxylic acids is 1. The molecule has 0 saturated carbocycles. The second kappa shape index (κ2) is 8.21. The van der Waals surface area contributed by atoms with Crippen molar-refractivity contribution in [3.63, 3.8) is 0 Å². The van der Waals surface area contributed by atoms with E-state index in [9.17, 15) is 4.79 Å². The summed E-state index contributed by atoms with van der Waals surface area (Å²) in [7, 11) is 0. The minimum Gasteiger partial charge on any atom is -0.376 e. The van der Waals surface area contributed by atoms with Crippen LogP contribution in [0.2, 0.25) is 0 Å². The van der Waals surface area contributed by atoms with Gasteiger partial charge in [0.2, 0.25) is 5.91 Å². The molecule has 1 saturated heterocycles. The zero-order chi connectivity index (χ0) is 18.6. The molecule has 2 aliphatic rings. The topological polar surface area (TPSA) is 60.2 Å². The first-order chi connectivity index (χ1) is 13.3. The maximum atomic E-state index is 12.7. The molecule has 2 aliphatic heterocycles. The molecule has 6 nitrogen and oxygen atoms in total. The molecule has 2 aromatic heterocycles. The maximum Gasteiger partial charge on any atom is 0.223 e. The number of pyridine rings is 1. The van der Waals surface area contributed by atoms with Gasteiger partial charge in [-0.15, -0.1) is 0 Å². The minimum absolute atomic E-state index is 0.0865. The van der Waals surface area contributed by atoms with Gasteiger partial charge in [0.1, 0.15) is 0 Å². The van der Waals surface area contributed by atoms with Crippen molar-refractivity contribution in [3.05, 3.63) is 47.0 Å². The Hall–Kier alpha value is -2.21. The lowest BCUT2D eigenvalue weighted by molar-refractivity contribution is -0.135. The van der Waals surface area contributed by atoms with Crippen molar-refractivity contribution in [1.82, 2.24) is 19.7 Å². The van der Waals surface area contributed by atoms with Gasteiger partial charge in [-0.2, -0.15) is 5.10 Å². The number of carbonyl (C=O) groups is 1. The molecule has 0 radical (unpaired) electrons. The molecule has 2 aromatic rings. The van der Waals surface area contributed by atoms with Crippen LogP contribution in [0.15, 0.2) is 24.5 Å². The SMILES string of the molecule is CCCC(=O)N1CCCCC1c1nn(Cc2cccnc2)c2c1COCC2. The zero-order valence-electron chi connectivity index (χ0n) is 16.1. The summed E-state index contributed by atoms with van der Waals surface area (Å²) < 4.78 is 7.88. The van der Waals surface area contributed by atoms with Gasteiger partial charge in [-0.1, -0.05) is 13.0 Å². The second-order valence-electron chi connectivity index (χ2n) is 7.48. The summed E-state index contributed by atoms with van der Waals surface area (Å²) in [4.78, 5) is 19.0. The number of amides is 1. The number of hydrogen-bond acceptors (Lipinski definition) is 4. The number of aromatic nitrogens is 3. The Balaban J connectivity index is 1.68. The average molecular weight is 368 g/mol. The summed E-state index contributed by atoms with van der Waals surface area (Å²) in [5.41, 5.74) is 4.65. The first-order valence-electron chi connectivity index (χ1n) is 10.1. The van der Waals surface area contributed by atoms with E-state index >= 15 is 0 Å². The molecule has 1 amide bonds. The van der Waals surface area contributed by atoms with Crippen LogP contribution < -0.4 is 0 Å². The monoisotopic (exact) mass is 368 g/mol. The molecule has 6 heteroatoms. The molecular weight excluding hydrogens is 340 g/mol. The van der Waals surface area contributed by atoms with Gasteiger partial charge < -0.3 is 9.64 Å². The molecule has 0 spiro atoms. The third-order valence-electron chi connectivity index (χ3n) is 5.58. The van der Waals surface area contributed by atoms with E-state index in [2.05, 4.69) is 27.6 Å². The highest BCUT2D eigenvalue weighted by molar-refractivity contribution is 5.76. The van der Waals surface area contributed by atoms with E-state index in [1.807, 2.05) is 12.3 Å². The van der Waals surface area contributed by atoms with E-state index in [1.165, 1.54) is 11.3 Å². The van der Waals surface area contributed by atoms with Gasteiger partial charge in [0.05, 0.1) is 31.5 Å². The van der Waals surface area contributed by atoms with E-state index < -0.39 is 0 Å². The molecule has 0 bridgehead atoms. The fourth-order valence-corrected chi connectivity index (χ4v) is 4.27. The highest BCUT2D eigenvalue weighted by Crippen LogP contribution is 2.35. The number of hydrogen-bond donors (Lipinski definition) is 0. The normalized spacial score (nSPS) is 19.7. The van der Waals surface area contributed by atoms with Crippen LogP contribution in [-0.4, -0.2) is 38.7 Å². The van der Waals surface area contributed by atoms with Crippen molar-refractivity contribution in [2.24, 2.45) is 0 Å². The Morgan fingerprint density at radius 3 is 3.11 bits per heavy atom. The Morgan fingerprint density at radius 1 is 1.37 bits per heavy atom. The molecule has 144 valence electrons. The summed E-state index contributed by atoms with van der Waals surface area (Å²) in [5, 5.41) is 5.02. The van der Waals surface area contributed by atoms with Gasteiger partial charge in [0.15, 0.2) is 0 Å². The Bertz CT molecular complexity index is 787. The molecule has 1 atom stereocenters. The number of piperidine rings is 1. The van der Waals surface area contributed by atoms with Crippen molar-refractivity contribution >= 4 is 5.91 Å². The van der Waals surface area contributed by atoms with Crippen LogP contribution in [0.25, 0.3) is 0 Å². The third kappa shape index (κ3) is 3.76. The predicted molar refractivity (Wildman–Crippen MR) is 102 cm³/mol. The van der Waals surface area contributed by atoms with E-state index in [-0.39, 0.29) is 11.9 Å². The van der Waals surface area contributed by atoms with Crippen LogP contribution >= 0.6 is 0 Å². The number of rotatable bonds is 5. The molecule has 27 heavy (non-hydrogen) atoms. The largest absolute Gasteiger partial charge is 0.376 e. The highest BCUT2D eigenvalue weighted by Gasteiger charge is 2.33. The lowest BCUT2D eigenvalue weighted by atomic mass is 9.95.